The van der Waals surface area contributed by atoms with Crippen LogP contribution < -0.4 is 4.74 Å². The normalized spacial score (nSPS) is 14.5. The first-order chi connectivity index (χ1) is 9.28. The van der Waals surface area contributed by atoms with E-state index in [2.05, 4.69) is 39.5 Å². The molecule has 0 aliphatic carbocycles. The third kappa shape index (κ3) is 4.60. The molecule has 0 fully saturated rings. The Kier molecular flexibility index (Phi) is 7.73. The number of likely N-dealkylation sites (N-methyl/N-ethyl adjacent to an activating group) is 1. The number of methoxy groups -OCH3 is 1. The molecule has 1 unspecified atom stereocenters. The molecule has 0 aliphatic rings. The highest BCUT2D eigenvalue weighted by molar-refractivity contribution is 5.85. The average molecular weight is 316 g/mol. The van der Waals surface area contributed by atoms with Crippen molar-refractivity contribution in [2.45, 2.75) is 40.2 Å². The highest BCUT2D eigenvalue weighted by Crippen LogP contribution is 2.40. The zero-order valence-corrected chi connectivity index (χ0v) is 15.0. The number of benzene rings is 1. The Morgan fingerprint density at radius 3 is 1.86 bits per heavy atom. The van der Waals surface area contributed by atoms with Gasteiger partial charge in [-0.15, -0.1) is 12.4 Å². The lowest BCUT2D eigenvalue weighted by Gasteiger charge is -2.43. The SMILES string of the molecule is CCN(CC)CC(O)(c1ccc(OC)cc1)C(C)(C)C.Cl. The van der Waals surface area contributed by atoms with Crippen molar-refractivity contribution in [2.24, 2.45) is 5.41 Å². The van der Waals surface area contributed by atoms with Crippen LogP contribution >= 0.6 is 12.4 Å². The maximum atomic E-state index is 11.3. The van der Waals surface area contributed by atoms with Gasteiger partial charge in [-0.05, 0) is 36.2 Å². The van der Waals surface area contributed by atoms with Crippen LogP contribution in [0.5, 0.6) is 5.75 Å². The minimum atomic E-state index is -0.884. The third-order valence-electron chi connectivity index (χ3n) is 4.16. The summed E-state index contributed by atoms with van der Waals surface area (Å²) in [6.45, 7) is 13.0. The second-order valence-corrected chi connectivity index (χ2v) is 6.30. The zero-order valence-electron chi connectivity index (χ0n) is 14.1. The first-order valence-electron chi connectivity index (χ1n) is 7.37. The number of aliphatic hydroxyl groups is 1. The summed E-state index contributed by atoms with van der Waals surface area (Å²) in [6, 6.07) is 7.75. The number of hydrogen-bond acceptors (Lipinski definition) is 3. The Morgan fingerprint density at radius 1 is 1.05 bits per heavy atom. The van der Waals surface area contributed by atoms with Crippen LogP contribution in [0.3, 0.4) is 0 Å². The smallest absolute Gasteiger partial charge is 0.118 e. The zero-order chi connectivity index (χ0) is 15.4. The molecule has 0 saturated carbocycles. The van der Waals surface area contributed by atoms with Gasteiger partial charge in [-0.1, -0.05) is 46.8 Å². The van der Waals surface area contributed by atoms with Gasteiger partial charge in [-0.25, -0.2) is 0 Å². The topological polar surface area (TPSA) is 32.7 Å². The summed E-state index contributed by atoms with van der Waals surface area (Å²) in [6.07, 6.45) is 0. The fourth-order valence-corrected chi connectivity index (χ4v) is 2.40. The van der Waals surface area contributed by atoms with Crippen LogP contribution in [0.4, 0.5) is 0 Å². The van der Waals surface area contributed by atoms with Crippen molar-refractivity contribution in [3.8, 4) is 5.75 Å². The summed E-state index contributed by atoms with van der Waals surface area (Å²) in [7, 11) is 1.65. The molecule has 1 atom stereocenters. The van der Waals surface area contributed by atoms with Gasteiger partial charge in [-0.2, -0.15) is 0 Å². The minimum Gasteiger partial charge on any atom is -0.497 e. The maximum absolute atomic E-state index is 11.3. The van der Waals surface area contributed by atoms with Gasteiger partial charge in [-0.3, -0.25) is 0 Å². The Morgan fingerprint density at radius 2 is 1.52 bits per heavy atom. The van der Waals surface area contributed by atoms with Crippen molar-refractivity contribution in [2.75, 3.05) is 26.7 Å². The first kappa shape index (κ1) is 20.2. The van der Waals surface area contributed by atoms with Gasteiger partial charge in [0.1, 0.15) is 11.4 Å². The van der Waals surface area contributed by atoms with Crippen LogP contribution in [-0.4, -0.2) is 36.8 Å². The molecule has 1 aromatic carbocycles. The standard InChI is InChI=1S/C17H29NO2.ClH/c1-7-18(8-2)13-17(19,16(3,4)5)14-9-11-15(20-6)12-10-14;/h9-12,19H,7-8,13H2,1-6H3;1H. The van der Waals surface area contributed by atoms with Crippen LogP contribution in [0.2, 0.25) is 0 Å². The van der Waals surface area contributed by atoms with Crippen molar-refractivity contribution in [3.05, 3.63) is 29.8 Å². The maximum Gasteiger partial charge on any atom is 0.118 e. The van der Waals surface area contributed by atoms with E-state index in [1.807, 2.05) is 24.3 Å². The van der Waals surface area contributed by atoms with E-state index in [-0.39, 0.29) is 17.8 Å². The predicted octanol–water partition coefficient (Wildman–Crippen LogP) is 3.69. The first-order valence-corrected chi connectivity index (χ1v) is 7.37. The molecule has 1 rings (SSSR count). The number of halogens is 1. The van der Waals surface area contributed by atoms with E-state index >= 15 is 0 Å². The Labute approximate surface area is 135 Å². The summed E-state index contributed by atoms with van der Waals surface area (Å²) in [5.41, 5.74) is -0.187. The van der Waals surface area contributed by atoms with Gasteiger partial charge in [0.15, 0.2) is 0 Å². The Hall–Kier alpha value is -0.770. The van der Waals surface area contributed by atoms with E-state index in [4.69, 9.17) is 4.74 Å². The molecule has 122 valence electrons. The van der Waals surface area contributed by atoms with Gasteiger partial charge in [0.2, 0.25) is 0 Å². The summed E-state index contributed by atoms with van der Waals surface area (Å²) in [5, 5.41) is 11.3. The fourth-order valence-electron chi connectivity index (χ4n) is 2.40. The summed E-state index contributed by atoms with van der Waals surface area (Å²) in [5.74, 6) is 0.813. The van der Waals surface area contributed by atoms with Crippen molar-refractivity contribution in [1.29, 1.82) is 0 Å². The van der Waals surface area contributed by atoms with Crippen molar-refractivity contribution in [3.63, 3.8) is 0 Å². The quantitative estimate of drug-likeness (QED) is 0.869. The molecule has 0 bridgehead atoms. The molecule has 0 radical (unpaired) electrons. The molecule has 4 heteroatoms. The highest BCUT2D eigenvalue weighted by atomic mass is 35.5. The monoisotopic (exact) mass is 315 g/mol. The van der Waals surface area contributed by atoms with Crippen molar-refractivity contribution in [1.82, 2.24) is 4.90 Å². The summed E-state index contributed by atoms with van der Waals surface area (Å²) < 4.78 is 5.20. The van der Waals surface area contributed by atoms with Crippen LogP contribution in [0.1, 0.15) is 40.2 Å². The van der Waals surface area contributed by atoms with E-state index in [0.29, 0.717) is 6.54 Å². The van der Waals surface area contributed by atoms with Crippen LogP contribution in [0, 0.1) is 5.41 Å². The van der Waals surface area contributed by atoms with E-state index < -0.39 is 5.60 Å². The predicted molar refractivity (Wildman–Crippen MR) is 91.4 cm³/mol. The number of nitrogens with zero attached hydrogens (tertiary/aromatic N) is 1. The highest BCUT2D eigenvalue weighted by Gasteiger charge is 2.42. The summed E-state index contributed by atoms with van der Waals surface area (Å²) >= 11 is 0. The summed E-state index contributed by atoms with van der Waals surface area (Å²) in [4.78, 5) is 2.26. The molecule has 3 nitrogen and oxygen atoms in total. The van der Waals surface area contributed by atoms with Gasteiger partial charge in [0, 0.05) is 6.54 Å². The minimum absolute atomic E-state index is 0. The lowest BCUT2D eigenvalue weighted by atomic mass is 9.71. The third-order valence-corrected chi connectivity index (χ3v) is 4.16. The molecule has 0 aromatic heterocycles. The lowest BCUT2D eigenvalue weighted by Crippen LogP contribution is -2.49. The van der Waals surface area contributed by atoms with E-state index in [1.54, 1.807) is 7.11 Å². The average Bonchev–Trinajstić information content (AvgIpc) is 2.43. The van der Waals surface area contributed by atoms with E-state index in [9.17, 15) is 5.11 Å². The number of rotatable bonds is 6. The van der Waals surface area contributed by atoms with Gasteiger partial charge >= 0.3 is 0 Å². The number of hydrogen-bond donors (Lipinski definition) is 1. The fraction of sp³-hybridized carbons (Fsp3) is 0.647. The number of ether oxygens (including phenoxy) is 1. The molecule has 21 heavy (non-hydrogen) atoms. The van der Waals surface area contributed by atoms with E-state index in [1.165, 1.54) is 0 Å². The molecular weight excluding hydrogens is 286 g/mol. The molecule has 0 spiro atoms. The Bertz CT molecular complexity index is 410. The van der Waals surface area contributed by atoms with Gasteiger partial charge < -0.3 is 14.7 Å². The molecule has 0 aliphatic heterocycles. The molecular formula is C17H30ClNO2. The second-order valence-electron chi connectivity index (χ2n) is 6.30. The Balaban J connectivity index is 0.00000400. The van der Waals surface area contributed by atoms with Crippen molar-refractivity contribution >= 4 is 12.4 Å². The molecule has 0 saturated heterocycles. The molecule has 1 aromatic rings. The van der Waals surface area contributed by atoms with Crippen LogP contribution in [0.25, 0.3) is 0 Å². The lowest BCUT2D eigenvalue weighted by molar-refractivity contribution is -0.0857. The second kappa shape index (κ2) is 8.02. The van der Waals surface area contributed by atoms with Crippen LogP contribution in [-0.2, 0) is 5.60 Å². The largest absolute Gasteiger partial charge is 0.497 e. The van der Waals surface area contributed by atoms with Gasteiger partial charge in [0.05, 0.1) is 7.11 Å². The molecule has 1 N–H and O–H groups in total. The molecule has 0 heterocycles. The van der Waals surface area contributed by atoms with E-state index in [0.717, 1.165) is 24.4 Å². The molecule has 0 amide bonds. The van der Waals surface area contributed by atoms with Gasteiger partial charge in [0.25, 0.3) is 0 Å². The van der Waals surface area contributed by atoms with Crippen LogP contribution in [0.15, 0.2) is 24.3 Å². The van der Waals surface area contributed by atoms with Crippen molar-refractivity contribution < 1.29 is 9.84 Å².